The Balaban J connectivity index is 2.28. The Hall–Kier alpha value is 0.150. The van der Waals surface area contributed by atoms with E-state index in [-0.39, 0.29) is 6.61 Å². The lowest BCUT2D eigenvalue weighted by atomic mass is 10.0. The Kier molecular flexibility index (Phi) is 8.29. The van der Waals surface area contributed by atoms with Crippen molar-refractivity contribution in [2.45, 2.75) is 68.9 Å². The van der Waals surface area contributed by atoms with Crippen molar-refractivity contribution in [1.82, 2.24) is 0 Å². The molecule has 0 saturated carbocycles. The molecule has 1 heterocycles. The fourth-order valence-electron chi connectivity index (χ4n) is 2.11. The molecular formula is C13H26O5S. The van der Waals surface area contributed by atoms with E-state index in [9.17, 15) is 15.3 Å². The summed E-state index contributed by atoms with van der Waals surface area (Å²) in [5.41, 5.74) is -0.582. The summed E-state index contributed by atoms with van der Waals surface area (Å²) in [6.45, 7) is 1.81. The van der Waals surface area contributed by atoms with Crippen LogP contribution in [-0.4, -0.2) is 62.6 Å². The van der Waals surface area contributed by atoms with Crippen molar-refractivity contribution in [2.75, 3.05) is 12.4 Å². The monoisotopic (exact) mass is 294 g/mol. The molecule has 0 amide bonds. The van der Waals surface area contributed by atoms with Gasteiger partial charge in [0.05, 0.1) is 6.61 Å². The molecule has 5 nitrogen and oxygen atoms in total. The Morgan fingerprint density at radius 2 is 1.63 bits per heavy atom. The van der Waals surface area contributed by atoms with Crippen LogP contribution in [0.5, 0.6) is 0 Å². The predicted molar refractivity (Wildman–Crippen MR) is 75.0 cm³/mol. The van der Waals surface area contributed by atoms with Crippen LogP contribution in [0.25, 0.3) is 0 Å². The van der Waals surface area contributed by atoms with Crippen molar-refractivity contribution in [2.24, 2.45) is 0 Å². The molecule has 1 saturated heterocycles. The first kappa shape index (κ1) is 17.2. The van der Waals surface area contributed by atoms with Gasteiger partial charge < -0.3 is 25.2 Å². The molecule has 0 bridgehead atoms. The van der Waals surface area contributed by atoms with E-state index in [1.807, 2.05) is 0 Å². The van der Waals surface area contributed by atoms with Crippen molar-refractivity contribution < 1.29 is 25.2 Å². The summed E-state index contributed by atoms with van der Waals surface area (Å²) in [5.74, 6) is 0.840. The number of aliphatic hydroxyl groups is 4. The SMILES string of the molecule is CCCCCCCS[C@@H]1O[C@H](CO)[C@@H](O)[C@H](O)[C@H]1O. The molecule has 0 aromatic rings. The van der Waals surface area contributed by atoms with Gasteiger partial charge in [-0.15, -0.1) is 11.8 Å². The lowest BCUT2D eigenvalue weighted by Gasteiger charge is -2.39. The lowest BCUT2D eigenvalue weighted by molar-refractivity contribution is -0.205. The number of aliphatic hydroxyl groups excluding tert-OH is 4. The molecule has 1 fully saturated rings. The summed E-state index contributed by atoms with van der Waals surface area (Å²) in [6, 6.07) is 0. The molecule has 1 rings (SSSR count). The van der Waals surface area contributed by atoms with Crippen LogP contribution in [0.2, 0.25) is 0 Å². The van der Waals surface area contributed by atoms with Crippen molar-refractivity contribution in [3.05, 3.63) is 0 Å². The minimum absolute atomic E-state index is 0.363. The number of rotatable bonds is 8. The molecule has 114 valence electrons. The number of hydrogen-bond donors (Lipinski definition) is 4. The largest absolute Gasteiger partial charge is 0.394 e. The Morgan fingerprint density at radius 1 is 0.947 bits per heavy atom. The Labute approximate surface area is 119 Å². The first-order valence-corrected chi connectivity index (χ1v) is 8.08. The molecule has 0 radical (unpaired) electrons. The second kappa shape index (κ2) is 9.15. The first-order valence-electron chi connectivity index (χ1n) is 7.04. The summed E-state index contributed by atoms with van der Waals surface area (Å²) in [4.78, 5) is 0. The second-order valence-electron chi connectivity index (χ2n) is 4.98. The standard InChI is InChI=1S/C13H26O5S/c1-2-3-4-5-6-7-19-13-12(17)11(16)10(15)9(8-14)18-13/h9-17H,2-8H2,1H3/t9-,10-,11+,12-,13+/m1/s1. The topological polar surface area (TPSA) is 90.2 Å². The van der Waals surface area contributed by atoms with E-state index in [2.05, 4.69) is 6.92 Å². The Morgan fingerprint density at radius 3 is 2.26 bits per heavy atom. The van der Waals surface area contributed by atoms with Crippen LogP contribution in [0.4, 0.5) is 0 Å². The average Bonchev–Trinajstić information content (AvgIpc) is 2.42. The minimum atomic E-state index is -1.26. The zero-order valence-electron chi connectivity index (χ0n) is 11.4. The molecule has 19 heavy (non-hydrogen) atoms. The molecule has 0 aromatic heterocycles. The highest BCUT2D eigenvalue weighted by molar-refractivity contribution is 7.99. The van der Waals surface area contributed by atoms with Crippen LogP contribution in [0.3, 0.4) is 0 Å². The van der Waals surface area contributed by atoms with E-state index in [0.29, 0.717) is 0 Å². The predicted octanol–water partition coefficient (Wildman–Crippen LogP) is 0.490. The summed E-state index contributed by atoms with van der Waals surface area (Å²) in [5, 5.41) is 38.2. The highest BCUT2D eigenvalue weighted by atomic mass is 32.2. The number of thioether (sulfide) groups is 1. The summed E-state index contributed by atoms with van der Waals surface area (Å²) < 4.78 is 5.41. The molecule has 6 heteroatoms. The lowest BCUT2D eigenvalue weighted by Crippen LogP contribution is -2.57. The number of hydrogen-bond acceptors (Lipinski definition) is 6. The van der Waals surface area contributed by atoms with Gasteiger partial charge in [0.15, 0.2) is 0 Å². The van der Waals surface area contributed by atoms with E-state index in [4.69, 9.17) is 9.84 Å². The van der Waals surface area contributed by atoms with E-state index in [1.165, 1.54) is 31.0 Å². The molecule has 5 atom stereocenters. The van der Waals surface area contributed by atoms with Gasteiger partial charge in [-0.3, -0.25) is 0 Å². The molecule has 1 aliphatic rings. The van der Waals surface area contributed by atoms with Gasteiger partial charge in [0.25, 0.3) is 0 Å². The van der Waals surface area contributed by atoms with Crippen LogP contribution in [0.15, 0.2) is 0 Å². The van der Waals surface area contributed by atoms with Gasteiger partial charge in [-0.05, 0) is 12.2 Å². The van der Waals surface area contributed by atoms with E-state index < -0.39 is 29.9 Å². The zero-order valence-corrected chi connectivity index (χ0v) is 12.3. The first-order chi connectivity index (χ1) is 9.11. The fraction of sp³-hybridized carbons (Fsp3) is 1.00. The van der Waals surface area contributed by atoms with Gasteiger partial charge in [0.2, 0.25) is 0 Å². The summed E-state index contributed by atoms with van der Waals surface area (Å²) in [7, 11) is 0. The third-order valence-electron chi connectivity index (χ3n) is 3.38. The van der Waals surface area contributed by atoms with Crippen LogP contribution in [0, 0.1) is 0 Å². The van der Waals surface area contributed by atoms with E-state index >= 15 is 0 Å². The van der Waals surface area contributed by atoms with Crippen molar-refractivity contribution >= 4 is 11.8 Å². The van der Waals surface area contributed by atoms with Gasteiger partial charge in [-0.25, -0.2) is 0 Å². The molecular weight excluding hydrogens is 268 g/mol. The van der Waals surface area contributed by atoms with Gasteiger partial charge in [-0.2, -0.15) is 0 Å². The highest BCUT2D eigenvalue weighted by Gasteiger charge is 2.43. The average molecular weight is 294 g/mol. The maximum Gasteiger partial charge on any atom is 0.132 e. The third-order valence-corrected chi connectivity index (χ3v) is 4.62. The minimum Gasteiger partial charge on any atom is -0.394 e. The smallest absolute Gasteiger partial charge is 0.132 e. The maximum absolute atomic E-state index is 9.82. The maximum atomic E-state index is 9.82. The molecule has 1 aliphatic heterocycles. The zero-order chi connectivity index (χ0) is 14.3. The highest BCUT2D eigenvalue weighted by Crippen LogP contribution is 2.29. The van der Waals surface area contributed by atoms with Gasteiger partial charge in [0.1, 0.15) is 29.9 Å². The quantitative estimate of drug-likeness (QED) is 0.487. The van der Waals surface area contributed by atoms with E-state index in [0.717, 1.165) is 18.6 Å². The second-order valence-corrected chi connectivity index (χ2v) is 6.19. The molecule has 4 N–H and O–H groups in total. The van der Waals surface area contributed by atoms with Crippen LogP contribution in [0.1, 0.15) is 39.0 Å². The van der Waals surface area contributed by atoms with Crippen LogP contribution < -0.4 is 0 Å². The Bertz CT molecular complexity index is 239. The third kappa shape index (κ3) is 5.21. The summed E-state index contributed by atoms with van der Waals surface area (Å²) in [6.07, 6.45) is 1.42. The van der Waals surface area contributed by atoms with Gasteiger partial charge in [-0.1, -0.05) is 32.6 Å². The fourth-order valence-corrected chi connectivity index (χ4v) is 3.29. The number of ether oxygens (including phenoxy) is 1. The van der Waals surface area contributed by atoms with Crippen molar-refractivity contribution in [3.63, 3.8) is 0 Å². The molecule has 0 aliphatic carbocycles. The van der Waals surface area contributed by atoms with Gasteiger partial charge in [0, 0.05) is 0 Å². The molecule has 0 aromatic carbocycles. The van der Waals surface area contributed by atoms with Crippen LogP contribution >= 0.6 is 11.8 Å². The van der Waals surface area contributed by atoms with Crippen LogP contribution in [-0.2, 0) is 4.74 Å². The number of unbranched alkanes of at least 4 members (excludes halogenated alkanes) is 4. The summed E-state index contributed by atoms with van der Waals surface area (Å²) >= 11 is 1.43. The molecule has 0 spiro atoms. The van der Waals surface area contributed by atoms with Gasteiger partial charge >= 0.3 is 0 Å². The molecule has 0 unspecified atom stereocenters. The van der Waals surface area contributed by atoms with Crippen molar-refractivity contribution in [1.29, 1.82) is 0 Å². The van der Waals surface area contributed by atoms with Crippen molar-refractivity contribution in [3.8, 4) is 0 Å². The normalized spacial score (nSPS) is 35.5. The van der Waals surface area contributed by atoms with E-state index in [1.54, 1.807) is 0 Å².